The fourth-order valence-electron chi connectivity index (χ4n) is 2.93. The fraction of sp³-hybridized carbons (Fsp3) is 0.400. The second-order valence-corrected chi connectivity index (χ2v) is 5.37. The van der Waals surface area contributed by atoms with Gasteiger partial charge in [0.1, 0.15) is 6.07 Å². The van der Waals surface area contributed by atoms with Gasteiger partial charge in [-0.25, -0.2) is 0 Å². The third-order valence-electron chi connectivity index (χ3n) is 4.06. The second kappa shape index (κ2) is 4.60. The number of piperidine rings is 1. The van der Waals surface area contributed by atoms with Gasteiger partial charge in [-0.05, 0) is 51.2 Å². The highest BCUT2D eigenvalue weighted by Gasteiger charge is 2.20. The molecule has 0 saturated carbocycles. The molecule has 0 bridgehead atoms. The average molecular weight is 254 g/mol. The highest BCUT2D eigenvalue weighted by Crippen LogP contribution is 2.30. The number of hydrogen-bond acceptors (Lipinski definition) is 3. The zero-order valence-corrected chi connectivity index (χ0v) is 11.1. The Hall–Kier alpha value is -1.99. The van der Waals surface area contributed by atoms with Crippen molar-refractivity contribution in [2.45, 2.75) is 18.9 Å². The van der Waals surface area contributed by atoms with Gasteiger partial charge in [0.05, 0.1) is 11.1 Å². The number of anilines is 1. The van der Waals surface area contributed by atoms with Crippen LogP contribution in [-0.2, 0) is 0 Å². The van der Waals surface area contributed by atoms with Gasteiger partial charge in [-0.15, -0.1) is 0 Å². The monoisotopic (exact) mass is 254 g/mol. The third kappa shape index (κ3) is 2.06. The van der Waals surface area contributed by atoms with E-state index in [0.717, 1.165) is 48.1 Å². The first kappa shape index (κ1) is 12.1. The van der Waals surface area contributed by atoms with E-state index in [4.69, 9.17) is 5.73 Å². The minimum absolute atomic E-state index is 0.475. The van der Waals surface area contributed by atoms with Crippen molar-refractivity contribution in [1.82, 2.24) is 9.47 Å². The summed E-state index contributed by atoms with van der Waals surface area (Å²) < 4.78 is 2.25. The van der Waals surface area contributed by atoms with Crippen LogP contribution in [-0.4, -0.2) is 29.6 Å². The molecule has 0 atom stereocenters. The number of nitrogens with zero attached hydrogens (tertiary/aromatic N) is 3. The maximum atomic E-state index is 9.26. The van der Waals surface area contributed by atoms with Gasteiger partial charge in [0.2, 0.25) is 0 Å². The van der Waals surface area contributed by atoms with Crippen LogP contribution in [0.3, 0.4) is 0 Å². The van der Waals surface area contributed by atoms with Crippen LogP contribution in [0.4, 0.5) is 5.69 Å². The van der Waals surface area contributed by atoms with Crippen molar-refractivity contribution in [3.05, 3.63) is 30.0 Å². The van der Waals surface area contributed by atoms with Gasteiger partial charge >= 0.3 is 0 Å². The van der Waals surface area contributed by atoms with Crippen molar-refractivity contribution < 1.29 is 0 Å². The molecule has 0 aliphatic carbocycles. The zero-order chi connectivity index (χ0) is 13.4. The van der Waals surface area contributed by atoms with Crippen molar-refractivity contribution in [3.63, 3.8) is 0 Å². The molecule has 2 heterocycles. The maximum absolute atomic E-state index is 9.26. The van der Waals surface area contributed by atoms with E-state index in [1.807, 2.05) is 24.4 Å². The minimum atomic E-state index is 0.475. The molecule has 1 aromatic carbocycles. The van der Waals surface area contributed by atoms with Crippen molar-refractivity contribution in [1.29, 1.82) is 5.26 Å². The molecule has 0 radical (unpaired) electrons. The predicted octanol–water partition coefficient (Wildman–Crippen LogP) is 2.36. The van der Waals surface area contributed by atoms with E-state index in [1.165, 1.54) is 0 Å². The van der Waals surface area contributed by atoms with Crippen LogP contribution < -0.4 is 5.73 Å². The summed E-state index contributed by atoms with van der Waals surface area (Å²) in [4.78, 5) is 2.35. The van der Waals surface area contributed by atoms with Gasteiger partial charge in [-0.3, -0.25) is 0 Å². The Labute approximate surface area is 113 Å². The van der Waals surface area contributed by atoms with Gasteiger partial charge in [0.15, 0.2) is 0 Å². The van der Waals surface area contributed by atoms with E-state index in [9.17, 15) is 5.26 Å². The number of hydrogen-bond donors (Lipinski definition) is 1. The van der Waals surface area contributed by atoms with E-state index in [-0.39, 0.29) is 0 Å². The lowest BCUT2D eigenvalue weighted by Crippen LogP contribution is -2.31. The maximum Gasteiger partial charge on any atom is 0.101 e. The molecule has 1 aliphatic rings. The Bertz CT molecular complexity index is 642. The number of rotatable bonds is 1. The van der Waals surface area contributed by atoms with Crippen molar-refractivity contribution in [3.8, 4) is 6.07 Å². The molecule has 4 nitrogen and oxygen atoms in total. The predicted molar refractivity (Wildman–Crippen MR) is 76.8 cm³/mol. The molecule has 98 valence electrons. The highest BCUT2D eigenvalue weighted by molar-refractivity contribution is 5.88. The van der Waals surface area contributed by atoms with Crippen LogP contribution in [0, 0.1) is 11.3 Å². The molecule has 0 amide bonds. The first-order valence-corrected chi connectivity index (χ1v) is 6.68. The second-order valence-electron chi connectivity index (χ2n) is 5.37. The number of nitrogens with two attached hydrogens (primary N) is 1. The summed E-state index contributed by atoms with van der Waals surface area (Å²) in [6.45, 7) is 2.21. The highest BCUT2D eigenvalue weighted by atomic mass is 15.1. The molecule has 1 aliphatic heterocycles. The van der Waals surface area contributed by atoms with Crippen LogP contribution in [0.5, 0.6) is 0 Å². The Morgan fingerprint density at radius 2 is 2.05 bits per heavy atom. The van der Waals surface area contributed by atoms with Gasteiger partial charge in [0.25, 0.3) is 0 Å². The lowest BCUT2D eigenvalue weighted by molar-refractivity contribution is 0.224. The molecular weight excluding hydrogens is 236 g/mol. The summed E-state index contributed by atoms with van der Waals surface area (Å²) in [6, 6.07) is 8.56. The molecular formula is C15H18N4. The van der Waals surface area contributed by atoms with Gasteiger partial charge < -0.3 is 15.2 Å². The van der Waals surface area contributed by atoms with Crippen molar-refractivity contribution in [2.75, 3.05) is 25.9 Å². The van der Waals surface area contributed by atoms with Crippen LogP contribution in [0.2, 0.25) is 0 Å². The first-order chi connectivity index (χ1) is 9.19. The summed E-state index contributed by atoms with van der Waals surface area (Å²) in [5.74, 6) is 0. The molecule has 1 fully saturated rings. The van der Waals surface area contributed by atoms with Crippen molar-refractivity contribution >= 4 is 16.6 Å². The van der Waals surface area contributed by atoms with E-state index >= 15 is 0 Å². The molecule has 4 heteroatoms. The summed E-state index contributed by atoms with van der Waals surface area (Å²) in [7, 11) is 2.16. The normalized spacial score (nSPS) is 17.7. The Balaban J connectivity index is 2.08. The van der Waals surface area contributed by atoms with E-state index in [0.29, 0.717) is 6.04 Å². The SMILES string of the molecule is CN1CCC(n2cc(C#N)c3ccc(N)cc32)CC1. The number of nitrogen functional groups attached to an aromatic ring is 1. The summed E-state index contributed by atoms with van der Waals surface area (Å²) >= 11 is 0. The molecule has 1 saturated heterocycles. The van der Waals surface area contributed by atoms with Crippen LogP contribution >= 0.6 is 0 Å². The summed E-state index contributed by atoms with van der Waals surface area (Å²) in [5, 5.41) is 10.3. The molecule has 2 N–H and O–H groups in total. The molecule has 0 unspecified atom stereocenters. The van der Waals surface area contributed by atoms with Crippen molar-refractivity contribution in [2.24, 2.45) is 0 Å². The fourth-order valence-corrected chi connectivity index (χ4v) is 2.93. The van der Waals surface area contributed by atoms with Gasteiger partial charge in [-0.1, -0.05) is 0 Å². The average Bonchev–Trinajstić information content (AvgIpc) is 2.77. The number of likely N-dealkylation sites (tertiary alicyclic amines) is 1. The number of aromatic nitrogens is 1. The van der Waals surface area contributed by atoms with Crippen LogP contribution in [0.25, 0.3) is 10.9 Å². The van der Waals surface area contributed by atoms with Crippen LogP contribution in [0.1, 0.15) is 24.4 Å². The van der Waals surface area contributed by atoms with Crippen LogP contribution in [0.15, 0.2) is 24.4 Å². The standard InChI is InChI=1S/C15H18N4/c1-18-6-4-13(5-7-18)19-10-11(9-16)14-3-2-12(17)8-15(14)19/h2-3,8,10,13H,4-7,17H2,1H3. The quantitative estimate of drug-likeness (QED) is 0.795. The Morgan fingerprint density at radius 3 is 2.74 bits per heavy atom. The minimum Gasteiger partial charge on any atom is -0.399 e. The number of fused-ring (bicyclic) bond motifs is 1. The van der Waals surface area contributed by atoms with Gasteiger partial charge in [-0.2, -0.15) is 5.26 Å². The zero-order valence-electron chi connectivity index (χ0n) is 11.1. The summed E-state index contributed by atoms with van der Waals surface area (Å²) in [6.07, 6.45) is 4.24. The topological polar surface area (TPSA) is 58.0 Å². The van der Waals surface area contributed by atoms with E-state index < -0.39 is 0 Å². The molecule has 3 rings (SSSR count). The molecule has 0 spiro atoms. The molecule has 2 aromatic rings. The number of benzene rings is 1. The lowest BCUT2D eigenvalue weighted by atomic mass is 10.1. The Kier molecular flexibility index (Phi) is 2.92. The smallest absolute Gasteiger partial charge is 0.101 e. The number of nitriles is 1. The third-order valence-corrected chi connectivity index (χ3v) is 4.06. The molecule has 1 aromatic heterocycles. The van der Waals surface area contributed by atoms with Gasteiger partial charge in [0, 0.05) is 23.3 Å². The Morgan fingerprint density at radius 1 is 1.32 bits per heavy atom. The van der Waals surface area contributed by atoms with E-state index in [1.54, 1.807) is 0 Å². The largest absolute Gasteiger partial charge is 0.399 e. The summed E-state index contributed by atoms with van der Waals surface area (Å²) in [5.41, 5.74) is 8.48. The van der Waals surface area contributed by atoms with E-state index in [2.05, 4.69) is 22.6 Å². The lowest BCUT2D eigenvalue weighted by Gasteiger charge is -2.30. The first-order valence-electron chi connectivity index (χ1n) is 6.68. The molecule has 19 heavy (non-hydrogen) atoms.